The molecule has 0 bridgehead atoms. The highest BCUT2D eigenvalue weighted by Crippen LogP contribution is 2.31. The van der Waals surface area contributed by atoms with E-state index in [4.69, 9.17) is 10.8 Å². The van der Waals surface area contributed by atoms with Crippen LogP contribution in [0.25, 0.3) is 0 Å². The third-order valence-corrected chi connectivity index (χ3v) is 3.96. The van der Waals surface area contributed by atoms with E-state index in [2.05, 4.69) is 15.9 Å². The van der Waals surface area contributed by atoms with Crippen molar-refractivity contribution < 1.29 is 23.9 Å². The van der Waals surface area contributed by atoms with Crippen LogP contribution in [0.3, 0.4) is 0 Å². The number of hydrogen-bond donors (Lipinski definition) is 2. The maximum atomic E-state index is 14.0. The quantitative estimate of drug-likeness (QED) is 0.827. The first-order valence-electron chi connectivity index (χ1n) is 6.12. The van der Waals surface area contributed by atoms with Crippen molar-refractivity contribution in [3.8, 4) is 0 Å². The lowest BCUT2D eigenvalue weighted by Crippen LogP contribution is -2.45. The van der Waals surface area contributed by atoms with Gasteiger partial charge in [0.25, 0.3) is 5.91 Å². The van der Waals surface area contributed by atoms with Crippen LogP contribution in [-0.4, -0.2) is 33.8 Å². The van der Waals surface area contributed by atoms with Gasteiger partial charge in [-0.2, -0.15) is 0 Å². The molecular weight excluding hydrogens is 347 g/mol. The average molecular weight is 359 g/mol. The highest BCUT2D eigenvalue weighted by atomic mass is 79.9. The van der Waals surface area contributed by atoms with Gasteiger partial charge in [-0.3, -0.25) is 14.4 Å². The summed E-state index contributed by atoms with van der Waals surface area (Å²) >= 11 is 3.03. The number of carbonyl (C=O) groups is 3. The molecule has 1 heterocycles. The Morgan fingerprint density at radius 1 is 1.48 bits per heavy atom. The maximum absolute atomic E-state index is 14.0. The molecule has 8 heteroatoms. The number of nitrogens with zero attached hydrogens (tertiary/aromatic N) is 1. The zero-order valence-electron chi connectivity index (χ0n) is 10.8. The van der Waals surface area contributed by atoms with E-state index < -0.39 is 29.6 Å². The molecule has 6 nitrogen and oxygen atoms in total. The fourth-order valence-corrected chi connectivity index (χ4v) is 2.68. The molecule has 0 spiro atoms. The number of amides is 2. The second-order valence-electron chi connectivity index (χ2n) is 4.67. The molecule has 1 aromatic carbocycles. The minimum absolute atomic E-state index is 0.104. The summed E-state index contributed by atoms with van der Waals surface area (Å²) in [5.74, 6) is -2.99. The largest absolute Gasteiger partial charge is 0.481 e. The lowest BCUT2D eigenvalue weighted by molar-refractivity contribution is -0.137. The molecule has 1 atom stereocenters. The smallest absolute Gasteiger partial charge is 0.303 e. The lowest BCUT2D eigenvalue weighted by Gasteiger charge is -2.24. The van der Waals surface area contributed by atoms with Crippen LogP contribution < -0.4 is 5.73 Å². The number of fused-ring (bicyclic) bond motifs is 1. The van der Waals surface area contributed by atoms with Crippen LogP contribution in [0.4, 0.5) is 4.39 Å². The van der Waals surface area contributed by atoms with E-state index in [9.17, 15) is 18.8 Å². The van der Waals surface area contributed by atoms with Gasteiger partial charge in [0.1, 0.15) is 11.9 Å². The van der Waals surface area contributed by atoms with Gasteiger partial charge in [-0.05, 0) is 34.5 Å². The van der Waals surface area contributed by atoms with Gasteiger partial charge in [-0.25, -0.2) is 4.39 Å². The van der Waals surface area contributed by atoms with Gasteiger partial charge in [0, 0.05) is 17.5 Å². The molecule has 0 radical (unpaired) electrons. The van der Waals surface area contributed by atoms with Crippen molar-refractivity contribution in [2.24, 2.45) is 5.73 Å². The SMILES string of the molecule is NC(=O)[C@H](CCC(=O)O)N1Cc2c(ccc(Br)c2F)C1=O. The molecule has 0 unspecified atom stereocenters. The Bertz CT molecular complexity index is 635. The van der Waals surface area contributed by atoms with Crippen molar-refractivity contribution in [1.29, 1.82) is 0 Å². The number of rotatable bonds is 5. The van der Waals surface area contributed by atoms with E-state index in [-0.39, 0.29) is 35.0 Å². The number of carboxylic acids is 1. The third-order valence-electron chi connectivity index (χ3n) is 3.35. The second-order valence-corrected chi connectivity index (χ2v) is 5.53. The molecule has 1 aromatic rings. The zero-order chi connectivity index (χ0) is 15.7. The van der Waals surface area contributed by atoms with Crippen LogP contribution in [-0.2, 0) is 16.1 Å². The van der Waals surface area contributed by atoms with Crippen molar-refractivity contribution in [2.75, 3.05) is 0 Å². The summed E-state index contributed by atoms with van der Waals surface area (Å²) in [4.78, 5) is 35.5. The van der Waals surface area contributed by atoms with Crippen molar-refractivity contribution in [3.63, 3.8) is 0 Å². The molecule has 3 N–H and O–H groups in total. The van der Waals surface area contributed by atoms with E-state index in [0.717, 1.165) is 4.90 Å². The van der Waals surface area contributed by atoms with Crippen LogP contribution in [0.1, 0.15) is 28.8 Å². The van der Waals surface area contributed by atoms with Gasteiger partial charge in [-0.15, -0.1) is 0 Å². The van der Waals surface area contributed by atoms with E-state index in [1.54, 1.807) is 0 Å². The molecule has 2 amide bonds. The van der Waals surface area contributed by atoms with E-state index in [1.165, 1.54) is 12.1 Å². The topological polar surface area (TPSA) is 101 Å². The number of carboxylic acid groups (broad SMARTS) is 1. The summed E-state index contributed by atoms with van der Waals surface area (Å²) in [6.45, 7) is -0.104. The molecule has 0 saturated carbocycles. The Morgan fingerprint density at radius 2 is 2.14 bits per heavy atom. The van der Waals surface area contributed by atoms with Crippen molar-refractivity contribution in [3.05, 3.63) is 33.5 Å². The highest BCUT2D eigenvalue weighted by molar-refractivity contribution is 9.10. The Morgan fingerprint density at radius 3 is 2.71 bits per heavy atom. The summed E-state index contributed by atoms with van der Waals surface area (Å²) in [6.07, 6.45) is -0.410. The number of halogens is 2. The van der Waals surface area contributed by atoms with Gasteiger partial charge in [0.05, 0.1) is 11.0 Å². The molecule has 112 valence electrons. The second kappa shape index (κ2) is 5.80. The normalized spacial score (nSPS) is 15.0. The summed E-state index contributed by atoms with van der Waals surface area (Å²) in [5.41, 5.74) is 5.58. The highest BCUT2D eigenvalue weighted by Gasteiger charge is 2.37. The summed E-state index contributed by atoms with van der Waals surface area (Å²) < 4.78 is 14.2. The monoisotopic (exact) mass is 358 g/mol. The van der Waals surface area contributed by atoms with Crippen molar-refractivity contribution in [1.82, 2.24) is 4.90 Å². The van der Waals surface area contributed by atoms with Crippen molar-refractivity contribution in [2.45, 2.75) is 25.4 Å². The van der Waals surface area contributed by atoms with Crippen molar-refractivity contribution >= 4 is 33.7 Å². The van der Waals surface area contributed by atoms with Crippen LogP contribution in [0.5, 0.6) is 0 Å². The first kappa shape index (κ1) is 15.4. The number of benzene rings is 1. The average Bonchev–Trinajstić information content (AvgIpc) is 2.72. The Kier molecular flexibility index (Phi) is 4.26. The number of carbonyl (C=O) groups excluding carboxylic acids is 2. The Balaban J connectivity index is 2.30. The molecular formula is C13H12BrFN2O4. The molecule has 1 aliphatic heterocycles. The fourth-order valence-electron chi connectivity index (χ4n) is 2.31. The molecule has 21 heavy (non-hydrogen) atoms. The van der Waals surface area contributed by atoms with Crippen LogP contribution in [0.2, 0.25) is 0 Å². The number of aliphatic carboxylic acids is 1. The zero-order valence-corrected chi connectivity index (χ0v) is 12.4. The molecule has 0 saturated heterocycles. The summed E-state index contributed by atoms with van der Waals surface area (Å²) in [7, 11) is 0. The predicted molar refractivity (Wildman–Crippen MR) is 73.8 cm³/mol. The standard InChI is InChI=1S/C13H12BrFN2O4/c14-8-2-1-6-7(11(8)15)5-17(13(6)21)9(12(16)20)3-4-10(18)19/h1-2,9H,3-5H2,(H2,16,20)(H,18,19)/t9-/m0/s1. The molecule has 1 aliphatic rings. The van der Waals surface area contributed by atoms with Gasteiger partial charge in [0.15, 0.2) is 0 Å². The summed E-state index contributed by atoms with van der Waals surface area (Å²) in [5, 5.41) is 8.69. The van der Waals surface area contributed by atoms with Crippen LogP contribution >= 0.6 is 15.9 Å². The number of primary amides is 1. The van der Waals surface area contributed by atoms with E-state index >= 15 is 0 Å². The van der Waals surface area contributed by atoms with Gasteiger partial charge >= 0.3 is 5.97 Å². The van der Waals surface area contributed by atoms with Crippen LogP contribution in [0, 0.1) is 5.82 Å². The lowest BCUT2D eigenvalue weighted by atomic mass is 10.1. The van der Waals surface area contributed by atoms with Gasteiger partial charge in [-0.1, -0.05) is 0 Å². The minimum atomic E-state index is -1.10. The first-order chi connectivity index (χ1) is 9.82. The van der Waals surface area contributed by atoms with Crippen LogP contribution in [0.15, 0.2) is 16.6 Å². The Labute approximate surface area is 127 Å². The third kappa shape index (κ3) is 2.90. The number of hydrogen-bond acceptors (Lipinski definition) is 3. The maximum Gasteiger partial charge on any atom is 0.303 e. The first-order valence-corrected chi connectivity index (χ1v) is 6.91. The molecule has 0 fully saturated rings. The fraction of sp³-hybridized carbons (Fsp3) is 0.308. The summed E-state index contributed by atoms with van der Waals surface area (Å²) in [6, 6.07) is 1.80. The van der Waals surface area contributed by atoms with Gasteiger partial charge in [0.2, 0.25) is 5.91 Å². The van der Waals surface area contributed by atoms with Gasteiger partial charge < -0.3 is 15.7 Å². The van der Waals surface area contributed by atoms with E-state index in [1.807, 2.05) is 0 Å². The number of nitrogens with two attached hydrogens (primary N) is 1. The minimum Gasteiger partial charge on any atom is -0.481 e. The molecule has 0 aromatic heterocycles. The van der Waals surface area contributed by atoms with E-state index in [0.29, 0.717) is 0 Å². The molecule has 0 aliphatic carbocycles. The predicted octanol–water partition coefficient (Wildman–Crippen LogP) is 1.26. The molecule has 2 rings (SSSR count). The Hall–Kier alpha value is -1.96.